The third-order valence-electron chi connectivity index (χ3n) is 4.78. The van der Waals surface area contributed by atoms with Gasteiger partial charge >= 0.3 is 5.97 Å². The predicted molar refractivity (Wildman–Crippen MR) is 106 cm³/mol. The van der Waals surface area contributed by atoms with Crippen LogP contribution in [0.4, 0.5) is 11.4 Å². The Hall–Kier alpha value is -2.93. The zero-order chi connectivity index (χ0) is 20.1. The molecule has 2 aromatic rings. The Balaban J connectivity index is 1.70. The topological polar surface area (TPSA) is 81.9 Å². The number of rotatable bonds is 6. The molecule has 0 saturated carbocycles. The van der Waals surface area contributed by atoms with Gasteiger partial charge in [0.1, 0.15) is 12.3 Å². The summed E-state index contributed by atoms with van der Waals surface area (Å²) in [5, 5.41) is 11.5. The number of nitrogens with zero attached hydrogens (tertiary/aromatic N) is 2. The molecular formula is C21H24N2O5. The Labute approximate surface area is 164 Å². The molecule has 1 aliphatic heterocycles. The van der Waals surface area contributed by atoms with Crippen LogP contribution in [0.3, 0.4) is 0 Å². The smallest absolute Gasteiger partial charge is 0.338 e. The van der Waals surface area contributed by atoms with E-state index in [9.17, 15) is 14.9 Å². The van der Waals surface area contributed by atoms with E-state index in [1.54, 1.807) is 12.1 Å². The molecule has 0 radical (unpaired) electrons. The molecule has 0 amide bonds. The van der Waals surface area contributed by atoms with Crippen LogP contribution in [0.15, 0.2) is 42.5 Å². The van der Waals surface area contributed by atoms with Crippen molar-refractivity contribution in [3.8, 4) is 0 Å². The highest BCUT2D eigenvalue weighted by Gasteiger charge is 2.23. The zero-order valence-corrected chi connectivity index (χ0v) is 16.1. The van der Waals surface area contributed by atoms with Gasteiger partial charge in [-0.25, -0.2) is 4.79 Å². The fraction of sp³-hybridized carbons (Fsp3) is 0.381. The van der Waals surface area contributed by atoms with Crippen molar-refractivity contribution in [3.63, 3.8) is 0 Å². The van der Waals surface area contributed by atoms with Crippen LogP contribution in [-0.4, -0.2) is 37.2 Å². The monoisotopic (exact) mass is 384 g/mol. The van der Waals surface area contributed by atoms with Crippen LogP contribution in [-0.2, 0) is 16.1 Å². The van der Waals surface area contributed by atoms with Gasteiger partial charge in [0.15, 0.2) is 0 Å². The summed E-state index contributed by atoms with van der Waals surface area (Å²) in [6, 6.07) is 12.3. The van der Waals surface area contributed by atoms with Gasteiger partial charge in [0.05, 0.1) is 23.7 Å². The molecule has 0 N–H and O–H groups in total. The van der Waals surface area contributed by atoms with Crippen molar-refractivity contribution >= 4 is 17.3 Å². The van der Waals surface area contributed by atoms with Gasteiger partial charge in [0.25, 0.3) is 5.69 Å². The van der Waals surface area contributed by atoms with Gasteiger partial charge in [-0.1, -0.05) is 38.1 Å². The number of nitro benzene ring substituents is 1. The lowest BCUT2D eigenvalue weighted by atomic mass is 10.0. The molecule has 7 nitrogen and oxygen atoms in total. The van der Waals surface area contributed by atoms with Crippen molar-refractivity contribution in [2.45, 2.75) is 26.4 Å². The standard InChI is InChI=1S/C21H24N2O5/c1-15(2)17-5-3-16(4-6-17)14-28-21(24)18-7-8-19(20(13-18)23(25)26)22-9-11-27-12-10-22/h3-8,13,15H,9-12,14H2,1-2H3. The van der Waals surface area contributed by atoms with Gasteiger partial charge in [0, 0.05) is 19.2 Å². The molecule has 148 valence electrons. The molecule has 2 aromatic carbocycles. The Morgan fingerprint density at radius 1 is 1.18 bits per heavy atom. The molecule has 7 heteroatoms. The van der Waals surface area contributed by atoms with Crippen LogP contribution >= 0.6 is 0 Å². The number of carbonyl (C=O) groups excluding carboxylic acids is 1. The maximum absolute atomic E-state index is 12.4. The van der Waals surface area contributed by atoms with Crippen molar-refractivity contribution in [2.75, 3.05) is 31.2 Å². The SMILES string of the molecule is CC(C)c1ccc(COC(=O)c2ccc(N3CCOCC3)c([N+](=O)[O-])c2)cc1. The van der Waals surface area contributed by atoms with E-state index in [1.807, 2.05) is 29.2 Å². The second-order valence-corrected chi connectivity index (χ2v) is 7.03. The quantitative estimate of drug-likeness (QED) is 0.427. The lowest BCUT2D eigenvalue weighted by Gasteiger charge is -2.28. The molecule has 0 aromatic heterocycles. The maximum atomic E-state index is 12.4. The fourth-order valence-electron chi connectivity index (χ4n) is 3.10. The van der Waals surface area contributed by atoms with Crippen LogP contribution in [0.5, 0.6) is 0 Å². The lowest BCUT2D eigenvalue weighted by Crippen LogP contribution is -2.36. The summed E-state index contributed by atoms with van der Waals surface area (Å²) in [5.74, 6) is -0.147. The minimum absolute atomic E-state index is 0.0994. The summed E-state index contributed by atoms with van der Waals surface area (Å²) in [7, 11) is 0. The van der Waals surface area contributed by atoms with E-state index >= 15 is 0 Å². The fourth-order valence-corrected chi connectivity index (χ4v) is 3.10. The van der Waals surface area contributed by atoms with Crippen molar-refractivity contribution in [3.05, 3.63) is 69.3 Å². The Bertz CT molecular complexity index is 842. The summed E-state index contributed by atoms with van der Waals surface area (Å²) in [4.78, 5) is 25.3. The van der Waals surface area contributed by atoms with E-state index in [0.29, 0.717) is 37.9 Å². The molecule has 0 aliphatic carbocycles. The van der Waals surface area contributed by atoms with E-state index in [1.165, 1.54) is 11.6 Å². The van der Waals surface area contributed by atoms with Crippen LogP contribution in [0.25, 0.3) is 0 Å². The number of ether oxygens (including phenoxy) is 2. The van der Waals surface area contributed by atoms with Gasteiger partial charge in [0.2, 0.25) is 0 Å². The molecule has 1 saturated heterocycles. The number of carbonyl (C=O) groups is 1. The van der Waals surface area contributed by atoms with Crippen LogP contribution in [0, 0.1) is 10.1 Å². The minimum atomic E-state index is -0.579. The molecule has 28 heavy (non-hydrogen) atoms. The molecule has 0 unspecified atom stereocenters. The highest BCUT2D eigenvalue weighted by molar-refractivity contribution is 5.91. The number of hydrogen-bond acceptors (Lipinski definition) is 6. The van der Waals surface area contributed by atoms with Crippen molar-refractivity contribution < 1.29 is 19.2 Å². The number of esters is 1. The first-order valence-corrected chi connectivity index (χ1v) is 9.33. The van der Waals surface area contributed by atoms with E-state index in [4.69, 9.17) is 9.47 Å². The third-order valence-corrected chi connectivity index (χ3v) is 4.78. The summed E-state index contributed by atoms with van der Waals surface area (Å²) < 4.78 is 10.6. The number of hydrogen-bond donors (Lipinski definition) is 0. The summed E-state index contributed by atoms with van der Waals surface area (Å²) >= 11 is 0. The Kier molecular flexibility index (Phi) is 6.26. The number of morpholine rings is 1. The first kappa shape index (κ1) is 19.8. The van der Waals surface area contributed by atoms with Crippen LogP contribution in [0.1, 0.15) is 41.3 Å². The largest absolute Gasteiger partial charge is 0.457 e. The van der Waals surface area contributed by atoms with E-state index < -0.39 is 10.9 Å². The normalized spacial score (nSPS) is 14.2. The minimum Gasteiger partial charge on any atom is -0.457 e. The number of nitro groups is 1. The van der Waals surface area contributed by atoms with Gasteiger partial charge in [-0.15, -0.1) is 0 Å². The number of anilines is 1. The zero-order valence-electron chi connectivity index (χ0n) is 16.1. The second kappa shape index (κ2) is 8.84. The third kappa shape index (κ3) is 4.67. The van der Waals surface area contributed by atoms with Crippen molar-refractivity contribution in [1.82, 2.24) is 0 Å². The highest BCUT2D eigenvalue weighted by Crippen LogP contribution is 2.30. The first-order valence-electron chi connectivity index (χ1n) is 9.33. The highest BCUT2D eigenvalue weighted by atomic mass is 16.6. The van der Waals surface area contributed by atoms with Crippen molar-refractivity contribution in [1.29, 1.82) is 0 Å². The predicted octanol–water partition coefficient (Wildman–Crippen LogP) is 3.91. The molecule has 1 fully saturated rings. The Morgan fingerprint density at radius 2 is 1.86 bits per heavy atom. The molecule has 0 atom stereocenters. The van der Waals surface area contributed by atoms with Gasteiger partial charge in [-0.05, 0) is 29.2 Å². The van der Waals surface area contributed by atoms with Gasteiger partial charge < -0.3 is 14.4 Å². The summed E-state index contributed by atoms with van der Waals surface area (Å²) in [6.07, 6.45) is 0. The van der Waals surface area contributed by atoms with Gasteiger partial charge in [-0.3, -0.25) is 10.1 Å². The van der Waals surface area contributed by atoms with Crippen molar-refractivity contribution in [2.24, 2.45) is 0 Å². The molecular weight excluding hydrogens is 360 g/mol. The Morgan fingerprint density at radius 3 is 2.46 bits per heavy atom. The molecule has 0 spiro atoms. The summed E-state index contributed by atoms with van der Waals surface area (Å²) in [6.45, 7) is 6.56. The summed E-state index contributed by atoms with van der Waals surface area (Å²) in [5.41, 5.74) is 2.65. The number of benzene rings is 2. The van der Waals surface area contributed by atoms with E-state index in [-0.39, 0.29) is 17.9 Å². The van der Waals surface area contributed by atoms with Gasteiger partial charge in [-0.2, -0.15) is 0 Å². The molecule has 0 bridgehead atoms. The van der Waals surface area contributed by atoms with Crippen LogP contribution in [0.2, 0.25) is 0 Å². The molecule has 3 rings (SSSR count). The lowest BCUT2D eigenvalue weighted by molar-refractivity contribution is -0.384. The van der Waals surface area contributed by atoms with E-state index in [2.05, 4.69) is 13.8 Å². The van der Waals surface area contributed by atoms with Crippen LogP contribution < -0.4 is 4.90 Å². The van der Waals surface area contributed by atoms with E-state index in [0.717, 1.165) is 5.56 Å². The first-order chi connectivity index (χ1) is 13.5. The second-order valence-electron chi connectivity index (χ2n) is 7.03. The average Bonchev–Trinajstić information content (AvgIpc) is 2.72. The molecule has 1 heterocycles. The maximum Gasteiger partial charge on any atom is 0.338 e. The average molecular weight is 384 g/mol. The molecule has 1 aliphatic rings.